The number of ether oxygens (including phenoxy) is 1. The van der Waals surface area contributed by atoms with E-state index in [1.807, 2.05) is 0 Å². The van der Waals surface area contributed by atoms with Crippen molar-refractivity contribution < 1.29 is 27.9 Å². The average molecular weight is 542 g/mol. The van der Waals surface area contributed by atoms with Crippen LogP contribution in [0.2, 0.25) is 0 Å². The third kappa shape index (κ3) is 5.46. The van der Waals surface area contributed by atoms with E-state index in [9.17, 15) is 14.4 Å². The first-order chi connectivity index (χ1) is 18.5. The van der Waals surface area contributed by atoms with E-state index < -0.39 is 23.3 Å². The van der Waals surface area contributed by atoms with Crippen LogP contribution in [0.1, 0.15) is 59.6 Å². The number of hydrogen-bond donors (Lipinski definition) is 3. The van der Waals surface area contributed by atoms with Crippen molar-refractivity contribution in [1.82, 2.24) is 14.8 Å². The van der Waals surface area contributed by atoms with Gasteiger partial charge in [-0.3, -0.25) is 19.3 Å². The molecule has 0 unspecified atom stereocenters. The minimum absolute atomic E-state index is 0.00878. The molecule has 0 saturated carbocycles. The third-order valence-electron chi connectivity index (χ3n) is 7.59. The fraction of sp³-hybridized carbons (Fsp3) is 0.464. The van der Waals surface area contributed by atoms with Crippen LogP contribution in [0.15, 0.2) is 18.2 Å². The number of amides is 3. The number of nitrogens with one attached hydrogen (secondary N) is 3. The standard InChI is InChI=1S/C28H33F2N5O4/c1-16-24(27(38)35-8-6-19(7-9-35)34-10-12-39-13-11-34)25(28(3,29)30)23(31-16)15-21-20-14-18(32-17(2)36)4-5-22(20)33-26(21)37/h4-5,14-15,19,31H,6-13H2,1-3H3,(H,32,36)(H,33,37)/b21-15-. The van der Waals surface area contributed by atoms with Gasteiger partial charge in [0.05, 0.1) is 29.9 Å². The summed E-state index contributed by atoms with van der Waals surface area (Å²) in [5.41, 5.74) is 1.48. The Balaban J connectivity index is 1.45. The topological polar surface area (TPSA) is 107 Å². The molecule has 3 aliphatic heterocycles. The number of benzene rings is 1. The molecule has 1 aromatic heterocycles. The number of halogens is 2. The summed E-state index contributed by atoms with van der Waals surface area (Å²) in [6.07, 6.45) is 2.91. The van der Waals surface area contributed by atoms with E-state index in [1.165, 1.54) is 13.0 Å². The number of alkyl halides is 2. The number of aryl methyl sites for hydroxylation is 1. The summed E-state index contributed by atoms with van der Waals surface area (Å²) in [6.45, 7) is 7.83. The lowest BCUT2D eigenvalue weighted by molar-refractivity contribution is -0.114. The zero-order chi connectivity index (χ0) is 27.9. The smallest absolute Gasteiger partial charge is 0.273 e. The number of H-pyrrole nitrogens is 1. The molecule has 0 aliphatic carbocycles. The Kier molecular flexibility index (Phi) is 7.30. The number of hydrogen-bond acceptors (Lipinski definition) is 5. The Morgan fingerprint density at radius 1 is 1.15 bits per heavy atom. The maximum absolute atomic E-state index is 15.1. The van der Waals surface area contributed by atoms with E-state index in [-0.39, 0.29) is 22.7 Å². The van der Waals surface area contributed by atoms with Gasteiger partial charge < -0.3 is 25.3 Å². The van der Waals surface area contributed by atoms with Crippen LogP contribution in [-0.2, 0) is 20.2 Å². The number of nitrogens with zero attached hydrogens (tertiary/aromatic N) is 2. The Labute approximate surface area is 225 Å². The zero-order valence-electron chi connectivity index (χ0n) is 22.3. The maximum atomic E-state index is 15.1. The van der Waals surface area contributed by atoms with Gasteiger partial charge in [-0.1, -0.05) is 0 Å². The summed E-state index contributed by atoms with van der Waals surface area (Å²) >= 11 is 0. The molecule has 0 bridgehead atoms. The average Bonchev–Trinajstić information content (AvgIpc) is 3.39. The molecule has 11 heteroatoms. The normalized spacial score (nSPS) is 19.8. The van der Waals surface area contributed by atoms with Gasteiger partial charge >= 0.3 is 0 Å². The van der Waals surface area contributed by atoms with Gasteiger partial charge in [-0.05, 0) is 44.0 Å². The molecule has 4 heterocycles. The second-order valence-electron chi connectivity index (χ2n) is 10.4. The Hall–Kier alpha value is -3.57. The summed E-state index contributed by atoms with van der Waals surface area (Å²) in [7, 11) is 0. The van der Waals surface area contributed by atoms with Crippen molar-refractivity contribution >= 4 is 40.7 Å². The highest BCUT2D eigenvalue weighted by atomic mass is 19.3. The second kappa shape index (κ2) is 10.5. The minimum atomic E-state index is -3.34. The number of morpholine rings is 1. The first-order valence-corrected chi connectivity index (χ1v) is 13.2. The number of rotatable bonds is 5. The molecular weight excluding hydrogens is 508 g/mol. The number of anilines is 2. The van der Waals surface area contributed by atoms with E-state index in [0.29, 0.717) is 55.0 Å². The van der Waals surface area contributed by atoms with Gasteiger partial charge in [0.15, 0.2) is 0 Å². The fourth-order valence-corrected chi connectivity index (χ4v) is 5.77. The number of aromatic amines is 1. The first kappa shape index (κ1) is 27.0. The van der Waals surface area contributed by atoms with Gasteiger partial charge in [0, 0.05) is 74.4 Å². The largest absolute Gasteiger partial charge is 0.379 e. The molecule has 39 heavy (non-hydrogen) atoms. The van der Waals surface area contributed by atoms with Crippen molar-refractivity contribution in [3.05, 3.63) is 46.3 Å². The van der Waals surface area contributed by atoms with Crippen LogP contribution in [-0.4, -0.2) is 77.9 Å². The molecule has 1 aromatic carbocycles. The minimum Gasteiger partial charge on any atom is -0.379 e. The number of fused-ring (bicyclic) bond motifs is 1. The summed E-state index contributed by atoms with van der Waals surface area (Å²) in [6, 6.07) is 5.25. The van der Waals surface area contributed by atoms with Crippen LogP contribution >= 0.6 is 0 Å². The Morgan fingerprint density at radius 3 is 2.49 bits per heavy atom. The highest BCUT2D eigenvalue weighted by molar-refractivity contribution is 6.35. The second-order valence-corrected chi connectivity index (χ2v) is 10.4. The molecule has 0 atom stereocenters. The maximum Gasteiger partial charge on any atom is 0.273 e. The van der Waals surface area contributed by atoms with Gasteiger partial charge in [0.1, 0.15) is 0 Å². The lowest BCUT2D eigenvalue weighted by Crippen LogP contribution is -2.50. The highest BCUT2D eigenvalue weighted by Gasteiger charge is 2.39. The first-order valence-electron chi connectivity index (χ1n) is 13.2. The van der Waals surface area contributed by atoms with Gasteiger partial charge in [0.25, 0.3) is 17.7 Å². The molecule has 0 radical (unpaired) electrons. The van der Waals surface area contributed by atoms with E-state index in [0.717, 1.165) is 32.9 Å². The van der Waals surface area contributed by atoms with Crippen molar-refractivity contribution in [3.63, 3.8) is 0 Å². The molecule has 3 N–H and O–H groups in total. The molecule has 2 fully saturated rings. The lowest BCUT2D eigenvalue weighted by Gasteiger charge is -2.40. The van der Waals surface area contributed by atoms with Crippen LogP contribution in [0.25, 0.3) is 11.6 Å². The van der Waals surface area contributed by atoms with Gasteiger partial charge in [-0.2, -0.15) is 0 Å². The van der Waals surface area contributed by atoms with Crippen LogP contribution < -0.4 is 10.6 Å². The number of carbonyl (C=O) groups is 3. The van der Waals surface area contributed by atoms with Crippen LogP contribution in [0, 0.1) is 6.92 Å². The molecule has 208 valence electrons. The summed E-state index contributed by atoms with van der Waals surface area (Å²) in [4.78, 5) is 44.9. The molecule has 2 saturated heterocycles. The number of carbonyl (C=O) groups excluding carboxylic acids is 3. The lowest BCUT2D eigenvalue weighted by atomic mass is 9.97. The molecule has 9 nitrogen and oxygen atoms in total. The Morgan fingerprint density at radius 2 is 1.85 bits per heavy atom. The predicted molar refractivity (Wildman–Crippen MR) is 144 cm³/mol. The number of likely N-dealkylation sites (tertiary alicyclic amines) is 1. The molecule has 2 aromatic rings. The van der Waals surface area contributed by atoms with Crippen molar-refractivity contribution in [2.24, 2.45) is 0 Å². The molecule has 0 spiro atoms. The fourth-order valence-electron chi connectivity index (χ4n) is 5.77. The van der Waals surface area contributed by atoms with E-state index in [1.54, 1.807) is 30.0 Å². The summed E-state index contributed by atoms with van der Waals surface area (Å²) < 4.78 is 35.7. The van der Waals surface area contributed by atoms with Crippen LogP contribution in [0.4, 0.5) is 20.2 Å². The molecule has 5 rings (SSSR count). The molecule has 3 aliphatic rings. The van der Waals surface area contributed by atoms with Crippen molar-refractivity contribution in [1.29, 1.82) is 0 Å². The SMILES string of the molecule is CC(=O)Nc1ccc2c(c1)/C(=C/c1[nH]c(C)c(C(=O)N3CCC(N4CCOCC4)CC3)c1C(C)(F)F)C(=O)N2. The van der Waals surface area contributed by atoms with E-state index >= 15 is 8.78 Å². The number of aromatic nitrogens is 1. The quantitative estimate of drug-likeness (QED) is 0.499. The Bertz CT molecular complexity index is 1330. The van der Waals surface area contributed by atoms with Crippen molar-refractivity contribution in [2.75, 3.05) is 50.0 Å². The predicted octanol–water partition coefficient (Wildman–Crippen LogP) is 3.82. The van der Waals surface area contributed by atoms with E-state index in [4.69, 9.17) is 4.74 Å². The zero-order valence-corrected chi connectivity index (χ0v) is 22.3. The van der Waals surface area contributed by atoms with Gasteiger partial charge in [-0.25, -0.2) is 8.78 Å². The summed E-state index contributed by atoms with van der Waals surface area (Å²) in [5.74, 6) is -4.51. The number of piperidine rings is 1. The third-order valence-corrected chi connectivity index (χ3v) is 7.59. The van der Waals surface area contributed by atoms with Gasteiger partial charge in [-0.15, -0.1) is 0 Å². The monoisotopic (exact) mass is 541 g/mol. The molecular formula is C28H33F2N5O4. The molecule has 3 amide bonds. The summed E-state index contributed by atoms with van der Waals surface area (Å²) in [5, 5.41) is 5.39. The van der Waals surface area contributed by atoms with E-state index in [2.05, 4.69) is 20.5 Å². The van der Waals surface area contributed by atoms with Gasteiger partial charge in [0.2, 0.25) is 5.91 Å². The van der Waals surface area contributed by atoms with Crippen molar-refractivity contribution in [3.8, 4) is 0 Å². The van der Waals surface area contributed by atoms with Crippen molar-refractivity contribution in [2.45, 2.75) is 45.6 Å². The highest BCUT2D eigenvalue weighted by Crippen LogP contribution is 2.40. The van der Waals surface area contributed by atoms with Crippen LogP contribution in [0.5, 0.6) is 0 Å². The van der Waals surface area contributed by atoms with Crippen LogP contribution in [0.3, 0.4) is 0 Å².